The number of rotatable bonds is 5. The molecule has 0 saturated carbocycles. The van der Waals surface area contributed by atoms with Crippen LogP contribution >= 0.6 is 0 Å². The molecule has 3 heteroatoms. The van der Waals surface area contributed by atoms with E-state index in [2.05, 4.69) is 12.2 Å². The van der Waals surface area contributed by atoms with Crippen molar-refractivity contribution in [1.29, 1.82) is 0 Å². The van der Waals surface area contributed by atoms with E-state index in [1.807, 2.05) is 30.4 Å². The van der Waals surface area contributed by atoms with Gasteiger partial charge >= 0.3 is 5.97 Å². The fourth-order valence-electron chi connectivity index (χ4n) is 1.95. The van der Waals surface area contributed by atoms with E-state index >= 15 is 0 Å². The van der Waals surface area contributed by atoms with Crippen LogP contribution in [0.2, 0.25) is 0 Å². The fourth-order valence-corrected chi connectivity index (χ4v) is 1.95. The summed E-state index contributed by atoms with van der Waals surface area (Å²) in [4.78, 5) is 11.1. The van der Waals surface area contributed by atoms with Crippen molar-refractivity contribution in [2.75, 3.05) is 6.61 Å². The quantitative estimate of drug-likeness (QED) is 0.561. The first kappa shape index (κ1) is 13.4. The summed E-state index contributed by atoms with van der Waals surface area (Å²) in [6.07, 6.45) is 17.1. The normalized spacial score (nSPS) is 20.6. The molecule has 0 aromatic heterocycles. The van der Waals surface area contributed by atoms with Crippen LogP contribution in [-0.2, 0) is 14.3 Å². The molecule has 0 fully saturated rings. The van der Waals surface area contributed by atoms with Crippen LogP contribution in [0.3, 0.4) is 0 Å². The number of hydrogen-bond acceptors (Lipinski definition) is 3. The highest BCUT2D eigenvalue weighted by Crippen LogP contribution is 2.27. The molecule has 0 spiro atoms. The first-order chi connectivity index (χ1) is 9.29. The van der Waals surface area contributed by atoms with Gasteiger partial charge in [0.1, 0.15) is 6.10 Å². The zero-order valence-electron chi connectivity index (χ0n) is 11.0. The molecule has 0 radical (unpaired) electrons. The first-order valence-electron chi connectivity index (χ1n) is 6.55. The Balaban J connectivity index is 1.80. The van der Waals surface area contributed by atoms with Crippen LogP contribution in [0.25, 0.3) is 0 Å². The van der Waals surface area contributed by atoms with Gasteiger partial charge in [-0.1, -0.05) is 30.4 Å². The molecule has 2 aliphatic rings. The third kappa shape index (κ3) is 3.98. The van der Waals surface area contributed by atoms with E-state index in [1.54, 1.807) is 6.92 Å². The Kier molecular flexibility index (Phi) is 4.78. The monoisotopic (exact) mass is 258 g/mol. The lowest BCUT2D eigenvalue weighted by atomic mass is 10.1. The summed E-state index contributed by atoms with van der Waals surface area (Å²) < 4.78 is 10.6. The molecule has 1 heterocycles. The molecule has 0 aromatic rings. The average molecular weight is 258 g/mol. The molecule has 1 atom stereocenters. The van der Waals surface area contributed by atoms with Crippen molar-refractivity contribution in [2.45, 2.75) is 25.9 Å². The van der Waals surface area contributed by atoms with E-state index in [-0.39, 0.29) is 12.1 Å². The number of allylic oxidation sites excluding steroid dienone is 6. The van der Waals surface area contributed by atoms with Gasteiger partial charge in [-0.15, -0.1) is 0 Å². The minimum atomic E-state index is -0.287. The second-order valence-electron chi connectivity index (χ2n) is 4.28. The molecule has 0 amide bonds. The molecule has 0 bridgehead atoms. The number of fused-ring (bicyclic) bond motifs is 1. The van der Waals surface area contributed by atoms with Crippen LogP contribution in [0.15, 0.2) is 59.9 Å². The average Bonchev–Trinajstić information content (AvgIpc) is 2.65. The summed E-state index contributed by atoms with van der Waals surface area (Å²) >= 11 is 0. The lowest BCUT2D eigenvalue weighted by Crippen LogP contribution is -2.03. The van der Waals surface area contributed by atoms with Gasteiger partial charge in [0.25, 0.3) is 0 Å². The molecule has 2 rings (SSSR count). The Morgan fingerprint density at radius 1 is 1.42 bits per heavy atom. The Morgan fingerprint density at radius 3 is 3.16 bits per heavy atom. The molecule has 1 unspecified atom stereocenters. The number of hydrogen-bond donors (Lipinski definition) is 0. The molecule has 0 saturated heterocycles. The van der Waals surface area contributed by atoms with E-state index in [0.29, 0.717) is 6.61 Å². The number of ether oxygens (including phenoxy) is 2. The Morgan fingerprint density at radius 2 is 2.32 bits per heavy atom. The second kappa shape index (κ2) is 6.78. The van der Waals surface area contributed by atoms with Gasteiger partial charge in [0.15, 0.2) is 0 Å². The molecule has 0 N–H and O–H groups in total. The molecule has 19 heavy (non-hydrogen) atoms. The highest BCUT2D eigenvalue weighted by Gasteiger charge is 2.20. The minimum absolute atomic E-state index is 0.0408. The Hall–Kier alpha value is -2.03. The SMILES string of the molecule is CCOC(=O)/C=C/CCC1=CC2=CC=CC=CC2O1. The minimum Gasteiger partial charge on any atom is -0.486 e. The maximum Gasteiger partial charge on any atom is 0.330 e. The lowest BCUT2D eigenvalue weighted by molar-refractivity contribution is -0.137. The van der Waals surface area contributed by atoms with Gasteiger partial charge < -0.3 is 9.47 Å². The van der Waals surface area contributed by atoms with Crippen LogP contribution in [0, 0.1) is 0 Å². The van der Waals surface area contributed by atoms with E-state index in [4.69, 9.17) is 9.47 Å². The fraction of sp³-hybridized carbons (Fsp3) is 0.312. The highest BCUT2D eigenvalue weighted by molar-refractivity contribution is 5.81. The largest absolute Gasteiger partial charge is 0.486 e. The van der Waals surface area contributed by atoms with Gasteiger partial charge in [0, 0.05) is 12.5 Å². The Labute approximate surface area is 113 Å². The maximum atomic E-state index is 11.1. The summed E-state index contributed by atoms with van der Waals surface area (Å²) in [6, 6.07) is 0. The van der Waals surface area contributed by atoms with Crippen molar-refractivity contribution in [3.05, 3.63) is 59.9 Å². The van der Waals surface area contributed by atoms with Crippen LogP contribution in [0.1, 0.15) is 19.8 Å². The van der Waals surface area contributed by atoms with Crippen molar-refractivity contribution in [3.63, 3.8) is 0 Å². The first-order valence-corrected chi connectivity index (χ1v) is 6.55. The zero-order chi connectivity index (χ0) is 13.5. The summed E-state index contributed by atoms with van der Waals surface area (Å²) in [6.45, 7) is 2.20. The maximum absolute atomic E-state index is 11.1. The third-order valence-electron chi connectivity index (χ3n) is 2.83. The predicted octanol–water partition coefficient (Wildman–Crippen LogP) is 3.22. The summed E-state index contributed by atoms with van der Waals surface area (Å²) in [5.41, 5.74) is 1.18. The molecular weight excluding hydrogens is 240 g/mol. The zero-order valence-corrected chi connectivity index (χ0v) is 11.0. The Bertz CT molecular complexity index is 478. The topological polar surface area (TPSA) is 35.5 Å². The predicted molar refractivity (Wildman–Crippen MR) is 74.3 cm³/mol. The number of esters is 1. The van der Waals surface area contributed by atoms with Gasteiger partial charge in [0.2, 0.25) is 0 Å². The van der Waals surface area contributed by atoms with Gasteiger partial charge in [-0.25, -0.2) is 4.79 Å². The summed E-state index contributed by atoms with van der Waals surface area (Å²) in [5.74, 6) is 0.675. The van der Waals surface area contributed by atoms with Gasteiger partial charge in [-0.05, 0) is 31.1 Å². The van der Waals surface area contributed by atoms with Gasteiger partial charge in [-0.2, -0.15) is 0 Å². The molecule has 3 nitrogen and oxygen atoms in total. The second-order valence-corrected chi connectivity index (χ2v) is 4.28. The summed E-state index contributed by atoms with van der Waals surface area (Å²) in [5, 5.41) is 0. The highest BCUT2D eigenvalue weighted by atomic mass is 16.5. The lowest BCUT2D eigenvalue weighted by Gasteiger charge is -2.08. The molecule has 1 aliphatic carbocycles. The van der Waals surface area contributed by atoms with Crippen LogP contribution in [0.4, 0.5) is 0 Å². The van der Waals surface area contributed by atoms with Crippen molar-refractivity contribution < 1.29 is 14.3 Å². The van der Waals surface area contributed by atoms with E-state index < -0.39 is 0 Å². The van der Waals surface area contributed by atoms with Crippen molar-refractivity contribution >= 4 is 5.97 Å². The number of carbonyl (C=O) groups excluding carboxylic acids is 1. The van der Waals surface area contributed by atoms with Crippen molar-refractivity contribution in [2.24, 2.45) is 0 Å². The van der Waals surface area contributed by atoms with E-state index in [1.165, 1.54) is 11.6 Å². The smallest absolute Gasteiger partial charge is 0.330 e. The standard InChI is InChI=1S/C16H18O3/c1-2-18-16(17)11-7-6-9-14-12-13-8-4-3-5-10-15(13)19-14/h3-5,7-8,10-12,15H,2,6,9H2,1H3/b11-7+. The van der Waals surface area contributed by atoms with Crippen molar-refractivity contribution in [1.82, 2.24) is 0 Å². The molecule has 100 valence electrons. The van der Waals surface area contributed by atoms with Crippen LogP contribution in [-0.4, -0.2) is 18.7 Å². The third-order valence-corrected chi connectivity index (χ3v) is 2.83. The molecule has 1 aliphatic heterocycles. The molecular formula is C16H18O3. The van der Waals surface area contributed by atoms with Crippen LogP contribution < -0.4 is 0 Å². The van der Waals surface area contributed by atoms with Gasteiger partial charge in [0.05, 0.1) is 12.4 Å². The van der Waals surface area contributed by atoms with E-state index in [0.717, 1.165) is 18.6 Å². The van der Waals surface area contributed by atoms with Gasteiger partial charge in [-0.3, -0.25) is 0 Å². The number of carbonyl (C=O) groups is 1. The van der Waals surface area contributed by atoms with Crippen LogP contribution in [0.5, 0.6) is 0 Å². The van der Waals surface area contributed by atoms with Crippen molar-refractivity contribution in [3.8, 4) is 0 Å². The molecule has 0 aromatic carbocycles. The summed E-state index contributed by atoms with van der Waals surface area (Å²) in [7, 11) is 0. The van der Waals surface area contributed by atoms with E-state index in [9.17, 15) is 4.79 Å².